The van der Waals surface area contributed by atoms with Gasteiger partial charge < -0.3 is 14.8 Å². The fourth-order valence-electron chi connectivity index (χ4n) is 4.36. The van der Waals surface area contributed by atoms with Crippen LogP contribution in [0.3, 0.4) is 0 Å². The van der Waals surface area contributed by atoms with E-state index in [0.717, 1.165) is 30.4 Å². The summed E-state index contributed by atoms with van der Waals surface area (Å²) in [5.41, 5.74) is -0.636. The lowest BCUT2D eigenvalue weighted by Crippen LogP contribution is -2.24. The first-order chi connectivity index (χ1) is 16.8. The number of fused-ring (bicyclic) bond motifs is 1. The fraction of sp³-hybridized carbons (Fsp3) is 0.500. The Hall–Kier alpha value is -2.91. The number of rotatable bonds is 8. The number of halogens is 6. The molecule has 1 aliphatic carbocycles. The molecule has 0 aromatic heterocycles. The average Bonchev–Trinajstić information content (AvgIpc) is 3.27. The zero-order valence-corrected chi connectivity index (χ0v) is 20.3. The average molecular weight is 518 g/mol. The van der Waals surface area contributed by atoms with Gasteiger partial charge in [-0.25, -0.2) is 4.79 Å². The number of carbonyl (C=O) groups is 1. The maximum Gasteiger partial charge on any atom is 0.416 e. The predicted molar refractivity (Wildman–Crippen MR) is 122 cm³/mol. The topological polar surface area (TPSA) is 47.6 Å². The van der Waals surface area contributed by atoms with Gasteiger partial charge >= 0.3 is 18.4 Å². The molecule has 1 atom stereocenters. The highest BCUT2D eigenvalue weighted by atomic mass is 19.4. The summed E-state index contributed by atoms with van der Waals surface area (Å²) < 4.78 is 92.2. The SMILES string of the molecule is CCC(CC)Oc1cc2c(cc1C(Cc1cc(C(F)(F)F)cc(C(F)(F)F)c1)OC(=O)NC)CCC2. The third-order valence-electron chi connectivity index (χ3n) is 6.30. The molecular weight excluding hydrogens is 488 g/mol. The predicted octanol–water partition coefficient (Wildman–Crippen LogP) is 7.42. The van der Waals surface area contributed by atoms with Crippen LogP contribution in [-0.4, -0.2) is 19.2 Å². The van der Waals surface area contributed by atoms with Crippen molar-refractivity contribution in [2.75, 3.05) is 7.05 Å². The molecule has 0 bridgehead atoms. The van der Waals surface area contributed by atoms with E-state index in [4.69, 9.17) is 9.47 Å². The first-order valence-corrected chi connectivity index (χ1v) is 11.8. The van der Waals surface area contributed by atoms with Gasteiger partial charge in [0.1, 0.15) is 11.9 Å². The summed E-state index contributed by atoms with van der Waals surface area (Å²) in [6, 6.07) is 5.04. The molecule has 1 aliphatic rings. The van der Waals surface area contributed by atoms with Gasteiger partial charge in [0.15, 0.2) is 0 Å². The monoisotopic (exact) mass is 517 g/mol. The summed E-state index contributed by atoms with van der Waals surface area (Å²) in [6.45, 7) is 3.89. The molecule has 2 aromatic rings. The molecule has 36 heavy (non-hydrogen) atoms. The molecule has 1 unspecified atom stereocenters. The van der Waals surface area contributed by atoms with Crippen molar-refractivity contribution in [3.05, 3.63) is 63.7 Å². The number of hydrogen-bond donors (Lipinski definition) is 1. The summed E-state index contributed by atoms with van der Waals surface area (Å²) in [4.78, 5) is 12.2. The highest BCUT2D eigenvalue weighted by Crippen LogP contribution is 2.40. The van der Waals surface area contributed by atoms with E-state index in [-0.39, 0.29) is 17.7 Å². The number of ether oxygens (including phenoxy) is 2. The minimum Gasteiger partial charge on any atom is -0.490 e. The molecule has 1 amide bonds. The second kappa shape index (κ2) is 11.0. The summed E-state index contributed by atoms with van der Waals surface area (Å²) in [5, 5.41) is 2.30. The van der Waals surface area contributed by atoms with E-state index in [2.05, 4.69) is 5.32 Å². The van der Waals surface area contributed by atoms with E-state index in [1.54, 1.807) is 6.07 Å². The second-order valence-corrected chi connectivity index (χ2v) is 8.83. The lowest BCUT2D eigenvalue weighted by atomic mass is 9.94. The molecule has 0 fully saturated rings. The van der Waals surface area contributed by atoms with Crippen molar-refractivity contribution in [3.63, 3.8) is 0 Å². The Morgan fingerprint density at radius 1 is 0.917 bits per heavy atom. The van der Waals surface area contributed by atoms with Gasteiger partial charge in [0.25, 0.3) is 0 Å². The summed E-state index contributed by atoms with van der Waals surface area (Å²) in [7, 11) is 1.32. The normalized spacial score (nSPS) is 14.5. The van der Waals surface area contributed by atoms with Crippen molar-refractivity contribution in [1.82, 2.24) is 5.32 Å². The quantitative estimate of drug-likeness (QED) is 0.371. The van der Waals surface area contributed by atoms with Crippen molar-refractivity contribution < 1.29 is 40.6 Å². The summed E-state index contributed by atoms with van der Waals surface area (Å²) >= 11 is 0. The smallest absolute Gasteiger partial charge is 0.416 e. The number of amides is 1. The molecule has 4 nitrogen and oxygen atoms in total. The van der Waals surface area contributed by atoms with Crippen molar-refractivity contribution in [3.8, 4) is 5.75 Å². The van der Waals surface area contributed by atoms with E-state index in [1.807, 2.05) is 19.9 Å². The number of aryl methyl sites for hydroxylation is 2. The fourth-order valence-corrected chi connectivity index (χ4v) is 4.36. The van der Waals surface area contributed by atoms with Crippen molar-refractivity contribution in [2.45, 2.75) is 76.9 Å². The van der Waals surface area contributed by atoms with Crippen LogP contribution in [0.15, 0.2) is 30.3 Å². The third kappa shape index (κ3) is 6.64. The Bertz CT molecular complexity index is 1040. The van der Waals surface area contributed by atoms with E-state index < -0.39 is 42.1 Å². The summed E-state index contributed by atoms with van der Waals surface area (Å²) in [5.74, 6) is 0.418. The van der Waals surface area contributed by atoms with Crippen LogP contribution in [0.1, 0.15) is 72.6 Å². The lowest BCUT2D eigenvalue weighted by molar-refractivity contribution is -0.143. The van der Waals surface area contributed by atoms with Crippen molar-refractivity contribution in [2.24, 2.45) is 0 Å². The van der Waals surface area contributed by atoms with Gasteiger partial charge in [0, 0.05) is 19.0 Å². The molecule has 0 aliphatic heterocycles. The zero-order chi connectivity index (χ0) is 26.7. The van der Waals surface area contributed by atoms with E-state index in [0.29, 0.717) is 36.3 Å². The van der Waals surface area contributed by atoms with Crippen molar-refractivity contribution in [1.29, 1.82) is 0 Å². The van der Waals surface area contributed by atoms with Crippen LogP contribution in [0.4, 0.5) is 31.1 Å². The molecule has 3 rings (SSSR count). The first-order valence-electron chi connectivity index (χ1n) is 11.8. The van der Waals surface area contributed by atoms with Crippen LogP contribution in [0, 0.1) is 0 Å². The van der Waals surface area contributed by atoms with Gasteiger partial charge in [-0.3, -0.25) is 0 Å². The minimum atomic E-state index is -4.98. The number of hydrogen-bond acceptors (Lipinski definition) is 3. The maximum absolute atomic E-state index is 13.4. The molecule has 2 aromatic carbocycles. The lowest BCUT2D eigenvalue weighted by Gasteiger charge is -2.25. The number of alkyl halides is 6. The molecule has 0 heterocycles. The Morgan fingerprint density at radius 2 is 1.47 bits per heavy atom. The second-order valence-electron chi connectivity index (χ2n) is 8.83. The standard InChI is InChI=1S/C26H29F6NO3/c1-4-20(5-2)35-23-13-17-8-6-7-16(17)12-21(23)22(36-24(34)33-3)11-15-9-18(25(27,28)29)14-19(10-15)26(30,31)32/h9-10,12-14,20,22H,4-8,11H2,1-3H3,(H,33,34). The molecule has 0 saturated carbocycles. The van der Waals surface area contributed by atoms with Crippen LogP contribution in [-0.2, 0) is 36.4 Å². The highest BCUT2D eigenvalue weighted by molar-refractivity contribution is 5.67. The van der Waals surface area contributed by atoms with Crippen LogP contribution in [0.25, 0.3) is 0 Å². The largest absolute Gasteiger partial charge is 0.490 e. The number of benzene rings is 2. The maximum atomic E-state index is 13.4. The van der Waals surface area contributed by atoms with Crippen molar-refractivity contribution >= 4 is 6.09 Å². The Balaban J connectivity index is 2.12. The van der Waals surface area contributed by atoms with Gasteiger partial charge in [-0.2, -0.15) is 26.3 Å². The van der Waals surface area contributed by atoms with Gasteiger partial charge in [-0.15, -0.1) is 0 Å². The number of alkyl carbamates (subject to hydrolysis) is 1. The molecule has 10 heteroatoms. The summed E-state index contributed by atoms with van der Waals surface area (Å²) in [6.07, 6.45) is -8.68. The third-order valence-corrected chi connectivity index (χ3v) is 6.30. The number of carbonyl (C=O) groups excluding carboxylic acids is 1. The number of nitrogens with one attached hydrogen (secondary N) is 1. The molecule has 198 valence electrons. The van der Waals surface area contributed by atoms with Gasteiger partial charge in [0.2, 0.25) is 0 Å². The molecule has 0 radical (unpaired) electrons. The van der Waals surface area contributed by atoms with Crippen LogP contribution < -0.4 is 10.1 Å². The van der Waals surface area contributed by atoms with Crippen LogP contribution >= 0.6 is 0 Å². The van der Waals surface area contributed by atoms with Crippen LogP contribution in [0.2, 0.25) is 0 Å². The Morgan fingerprint density at radius 3 is 1.97 bits per heavy atom. The molecule has 1 N–H and O–H groups in total. The highest BCUT2D eigenvalue weighted by Gasteiger charge is 2.37. The molecule has 0 spiro atoms. The molecular formula is C26H29F6NO3. The Labute approximate surface area is 206 Å². The van der Waals surface area contributed by atoms with Gasteiger partial charge in [-0.1, -0.05) is 13.8 Å². The first kappa shape index (κ1) is 27.7. The Kier molecular flexibility index (Phi) is 8.46. The van der Waals surface area contributed by atoms with Gasteiger partial charge in [0.05, 0.1) is 17.2 Å². The van der Waals surface area contributed by atoms with Crippen LogP contribution in [0.5, 0.6) is 5.75 Å². The zero-order valence-electron chi connectivity index (χ0n) is 20.3. The van der Waals surface area contributed by atoms with E-state index in [9.17, 15) is 31.1 Å². The van der Waals surface area contributed by atoms with E-state index in [1.165, 1.54) is 7.05 Å². The minimum absolute atomic E-state index is 0.0785. The van der Waals surface area contributed by atoms with E-state index >= 15 is 0 Å². The van der Waals surface area contributed by atoms with Gasteiger partial charge in [-0.05, 0) is 79.1 Å². The molecule has 0 saturated heterocycles.